The van der Waals surface area contributed by atoms with Gasteiger partial charge in [0.15, 0.2) is 0 Å². The van der Waals surface area contributed by atoms with Gasteiger partial charge >= 0.3 is 0 Å². The second-order valence-corrected chi connectivity index (χ2v) is 11.8. The number of hydrogen-bond acceptors (Lipinski definition) is 6. The fraction of sp³-hybridized carbons (Fsp3) is 0.280. The fourth-order valence-corrected chi connectivity index (χ4v) is 6.09. The molecule has 1 N–H and O–H groups in total. The van der Waals surface area contributed by atoms with Crippen LogP contribution in [-0.4, -0.2) is 44.2 Å². The highest BCUT2D eigenvalue weighted by atomic mass is 32.2. The molecule has 0 aliphatic carbocycles. The first-order valence-electron chi connectivity index (χ1n) is 11.0. The predicted molar refractivity (Wildman–Crippen MR) is 133 cm³/mol. The molecule has 0 saturated heterocycles. The first kappa shape index (κ1) is 25.0. The quantitative estimate of drug-likeness (QED) is 0.521. The summed E-state index contributed by atoms with van der Waals surface area (Å²) in [6.45, 7) is 1.92. The van der Waals surface area contributed by atoms with Crippen molar-refractivity contribution in [3.05, 3.63) is 81.5 Å². The molecule has 1 aliphatic heterocycles. The number of thiophene rings is 1. The Kier molecular flexibility index (Phi) is 7.33. The van der Waals surface area contributed by atoms with Crippen molar-refractivity contribution in [2.45, 2.75) is 30.8 Å². The van der Waals surface area contributed by atoms with E-state index in [1.165, 1.54) is 49.7 Å². The molecule has 1 aliphatic rings. The topological polar surface area (TPSA) is 93.5 Å². The van der Waals surface area contributed by atoms with Crippen LogP contribution in [-0.2, 0) is 40.7 Å². The molecule has 4 rings (SSSR count). The summed E-state index contributed by atoms with van der Waals surface area (Å²) in [7, 11) is -0.606. The maximum Gasteiger partial charge on any atom is 0.242 e. The van der Waals surface area contributed by atoms with E-state index >= 15 is 0 Å². The van der Waals surface area contributed by atoms with Crippen LogP contribution in [0.3, 0.4) is 0 Å². The molecule has 2 aromatic carbocycles. The molecule has 0 bridgehead atoms. The summed E-state index contributed by atoms with van der Waals surface area (Å²) < 4.78 is 39.1. The van der Waals surface area contributed by atoms with Crippen molar-refractivity contribution in [1.82, 2.24) is 9.21 Å². The minimum atomic E-state index is -3.53. The number of hydrogen-bond donors (Lipinski definition) is 1. The van der Waals surface area contributed by atoms with Crippen molar-refractivity contribution in [3.8, 4) is 6.07 Å². The smallest absolute Gasteiger partial charge is 0.242 e. The molecule has 10 heteroatoms. The van der Waals surface area contributed by atoms with E-state index in [0.29, 0.717) is 29.2 Å². The normalized spacial score (nSPS) is 13.9. The van der Waals surface area contributed by atoms with Crippen molar-refractivity contribution in [1.29, 1.82) is 5.26 Å². The van der Waals surface area contributed by atoms with Gasteiger partial charge in [0, 0.05) is 44.2 Å². The predicted octanol–water partition coefficient (Wildman–Crippen LogP) is 3.75. The summed E-state index contributed by atoms with van der Waals surface area (Å²) in [5, 5.41) is 13.2. The van der Waals surface area contributed by atoms with E-state index in [2.05, 4.69) is 16.3 Å². The van der Waals surface area contributed by atoms with E-state index in [-0.39, 0.29) is 23.0 Å². The lowest BCUT2D eigenvalue weighted by atomic mass is 10.0. The third-order valence-corrected chi connectivity index (χ3v) is 8.89. The largest absolute Gasteiger partial charge is 0.316 e. The number of anilines is 1. The lowest BCUT2D eigenvalue weighted by Gasteiger charge is -2.27. The molecule has 35 heavy (non-hydrogen) atoms. The average molecular weight is 513 g/mol. The molecule has 3 aromatic rings. The molecule has 0 unspecified atom stereocenters. The molecule has 0 spiro atoms. The van der Waals surface area contributed by atoms with Gasteiger partial charge in [-0.05, 0) is 41.8 Å². The second kappa shape index (κ2) is 10.3. The minimum Gasteiger partial charge on any atom is -0.316 e. The number of nitrogens with one attached hydrogen (secondary N) is 1. The Morgan fingerprint density at radius 2 is 1.94 bits per heavy atom. The van der Waals surface area contributed by atoms with Crippen LogP contribution in [0.4, 0.5) is 9.39 Å². The lowest BCUT2D eigenvalue weighted by Crippen LogP contribution is -2.29. The van der Waals surface area contributed by atoms with Crippen molar-refractivity contribution in [3.63, 3.8) is 0 Å². The minimum absolute atomic E-state index is 0.0570. The summed E-state index contributed by atoms with van der Waals surface area (Å²) >= 11 is 1.42. The summed E-state index contributed by atoms with van der Waals surface area (Å²) in [5.74, 6) is -0.549. The van der Waals surface area contributed by atoms with Crippen LogP contribution in [0.25, 0.3) is 0 Å². The molecule has 2 heterocycles. The number of amides is 1. The number of carbonyl (C=O) groups is 1. The molecule has 1 aromatic heterocycles. The molecular formula is C25H25FN4O3S2. The first-order valence-corrected chi connectivity index (χ1v) is 13.3. The molecule has 0 radical (unpaired) electrons. The Labute approximate surface area is 208 Å². The van der Waals surface area contributed by atoms with Crippen LogP contribution in [0.2, 0.25) is 0 Å². The molecule has 182 valence electrons. The average Bonchev–Trinajstić information content (AvgIpc) is 3.15. The van der Waals surface area contributed by atoms with Gasteiger partial charge in [-0.2, -0.15) is 5.26 Å². The second-order valence-electron chi connectivity index (χ2n) is 8.57. The van der Waals surface area contributed by atoms with Crippen LogP contribution in [0, 0.1) is 17.1 Å². The third-order valence-electron chi connectivity index (χ3n) is 5.85. The van der Waals surface area contributed by atoms with Crippen LogP contribution in [0.15, 0.2) is 53.4 Å². The van der Waals surface area contributed by atoms with Gasteiger partial charge in [-0.1, -0.05) is 24.3 Å². The van der Waals surface area contributed by atoms with E-state index in [0.717, 1.165) is 33.3 Å². The lowest BCUT2D eigenvalue weighted by molar-refractivity contribution is -0.115. The highest BCUT2D eigenvalue weighted by Gasteiger charge is 2.26. The Hall–Kier alpha value is -3.10. The maximum absolute atomic E-state index is 13.5. The summed E-state index contributed by atoms with van der Waals surface area (Å²) in [4.78, 5) is 16.1. The van der Waals surface area contributed by atoms with Gasteiger partial charge < -0.3 is 5.32 Å². The highest BCUT2D eigenvalue weighted by molar-refractivity contribution is 7.89. The molecule has 0 atom stereocenters. The van der Waals surface area contributed by atoms with Gasteiger partial charge in [0.2, 0.25) is 15.9 Å². The molecule has 0 fully saturated rings. The number of rotatable bonds is 7. The number of carbonyl (C=O) groups excluding carboxylic acids is 1. The third kappa shape index (κ3) is 5.60. The van der Waals surface area contributed by atoms with Gasteiger partial charge in [0.05, 0.1) is 16.9 Å². The summed E-state index contributed by atoms with van der Waals surface area (Å²) in [5.41, 5.74) is 2.92. The van der Waals surface area contributed by atoms with Gasteiger partial charge in [0.1, 0.15) is 16.9 Å². The number of benzene rings is 2. The van der Waals surface area contributed by atoms with Crippen LogP contribution in [0.1, 0.15) is 27.1 Å². The highest BCUT2D eigenvalue weighted by Crippen LogP contribution is 2.37. The van der Waals surface area contributed by atoms with Gasteiger partial charge in [-0.15, -0.1) is 11.3 Å². The van der Waals surface area contributed by atoms with Gasteiger partial charge in [-0.3, -0.25) is 9.69 Å². The maximum atomic E-state index is 13.5. The number of sulfonamides is 1. The van der Waals surface area contributed by atoms with Crippen molar-refractivity contribution in [2.24, 2.45) is 0 Å². The number of fused-ring (bicyclic) bond motifs is 1. The SMILES string of the molecule is CN(C)S(=O)(=O)c1ccc(CC(=O)Nc2sc3c(c2C#N)CN(Cc2cccc(F)c2)CC3)cc1. The monoisotopic (exact) mass is 512 g/mol. The van der Waals surface area contributed by atoms with E-state index < -0.39 is 10.0 Å². The number of halogens is 1. The standard InChI is InChI=1S/C25H25FN4O3S2/c1-29(2)35(32,33)20-8-6-17(7-9-20)13-24(31)28-25-21(14-27)22-16-30(11-10-23(22)34-25)15-18-4-3-5-19(26)12-18/h3-9,12H,10-11,13,15-16H2,1-2H3,(H,28,31). The van der Waals surface area contributed by atoms with Gasteiger partial charge in [-0.25, -0.2) is 17.1 Å². The van der Waals surface area contributed by atoms with Crippen molar-refractivity contribution in [2.75, 3.05) is 26.0 Å². The van der Waals surface area contributed by atoms with Crippen molar-refractivity contribution >= 4 is 32.3 Å². The number of nitrogens with zero attached hydrogens (tertiary/aromatic N) is 3. The summed E-state index contributed by atoms with van der Waals surface area (Å²) in [6, 6.07) is 14.9. The molecule has 1 amide bonds. The molecule has 7 nitrogen and oxygen atoms in total. The molecular weight excluding hydrogens is 487 g/mol. The van der Waals surface area contributed by atoms with Gasteiger partial charge in [0.25, 0.3) is 0 Å². The Morgan fingerprint density at radius 1 is 1.20 bits per heavy atom. The van der Waals surface area contributed by atoms with Crippen LogP contribution in [0.5, 0.6) is 0 Å². The van der Waals surface area contributed by atoms with Crippen LogP contribution >= 0.6 is 11.3 Å². The Morgan fingerprint density at radius 3 is 2.60 bits per heavy atom. The van der Waals surface area contributed by atoms with E-state index in [1.54, 1.807) is 18.2 Å². The zero-order valence-electron chi connectivity index (χ0n) is 19.4. The molecule has 0 saturated carbocycles. The van der Waals surface area contributed by atoms with Crippen molar-refractivity contribution < 1.29 is 17.6 Å². The van der Waals surface area contributed by atoms with Crippen LogP contribution < -0.4 is 5.32 Å². The number of nitriles is 1. The Bertz CT molecular complexity index is 1390. The fourth-order valence-electron chi connectivity index (χ4n) is 4.02. The zero-order chi connectivity index (χ0) is 25.2. The zero-order valence-corrected chi connectivity index (χ0v) is 21.0. The first-order chi connectivity index (χ1) is 16.7. The van der Waals surface area contributed by atoms with E-state index in [9.17, 15) is 22.9 Å². The van der Waals surface area contributed by atoms with E-state index in [1.807, 2.05) is 6.07 Å². The Balaban J connectivity index is 1.44. The van der Waals surface area contributed by atoms with E-state index in [4.69, 9.17) is 0 Å². The summed E-state index contributed by atoms with van der Waals surface area (Å²) in [6.07, 6.45) is 0.809.